The molecule has 14 heteroatoms. The molecule has 0 saturated heterocycles. The first kappa shape index (κ1) is 39.3. The molecular formula is C26H51ClO13. The first-order chi connectivity index (χ1) is 19.8. The van der Waals surface area contributed by atoms with Crippen LogP contribution in [0, 0.1) is 0 Å². The van der Waals surface area contributed by atoms with Gasteiger partial charge in [-0.25, -0.2) is 0 Å². The number of hydrogen-bond donors (Lipinski definition) is 0. The van der Waals surface area contributed by atoms with E-state index in [0.717, 1.165) is 0 Å². The molecule has 0 fully saturated rings. The predicted octanol–water partition coefficient (Wildman–Crippen LogP) is 0.971. The van der Waals surface area contributed by atoms with Gasteiger partial charge in [-0.3, -0.25) is 4.79 Å². The van der Waals surface area contributed by atoms with E-state index in [0.29, 0.717) is 151 Å². The van der Waals surface area contributed by atoms with Gasteiger partial charge in [-0.2, -0.15) is 0 Å². The van der Waals surface area contributed by atoms with Crippen LogP contribution < -0.4 is 0 Å². The number of rotatable bonds is 35. The highest BCUT2D eigenvalue weighted by Crippen LogP contribution is 1.89. The van der Waals surface area contributed by atoms with Gasteiger partial charge in [0.2, 0.25) is 0 Å². The summed E-state index contributed by atoms with van der Waals surface area (Å²) in [6.07, 6.45) is 0.246. The summed E-state index contributed by atoms with van der Waals surface area (Å²) in [5.41, 5.74) is 0. The van der Waals surface area contributed by atoms with Crippen molar-refractivity contribution in [2.45, 2.75) is 6.42 Å². The van der Waals surface area contributed by atoms with Gasteiger partial charge in [0.05, 0.1) is 159 Å². The highest BCUT2D eigenvalue weighted by molar-refractivity contribution is 6.17. The van der Waals surface area contributed by atoms with Crippen molar-refractivity contribution in [3.05, 3.63) is 0 Å². The molecule has 0 aromatic heterocycles. The van der Waals surface area contributed by atoms with Gasteiger partial charge < -0.3 is 56.8 Å². The van der Waals surface area contributed by atoms with Gasteiger partial charge in [0, 0.05) is 5.88 Å². The van der Waals surface area contributed by atoms with Crippen LogP contribution in [0.2, 0.25) is 0 Å². The van der Waals surface area contributed by atoms with Crippen LogP contribution in [0.1, 0.15) is 6.42 Å². The second-order valence-electron chi connectivity index (χ2n) is 7.75. The lowest BCUT2D eigenvalue weighted by molar-refractivity contribution is -0.141. The predicted molar refractivity (Wildman–Crippen MR) is 146 cm³/mol. The molecule has 40 heavy (non-hydrogen) atoms. The number of halogens is 1. The molecule has 0 aromatic rings. The van der Waals surface area contributed by atoms with E-state index >= 15 is 0 Å². The molecule has 0 rings (SSSR count). The summed E-state index contributed by atoms with van der Waals surface area (Å²) in [4.78, 5) is 10.9. The lowest BCUT2D eigenvalue weighted by Crippen LogP contribution is -2.15. The van der Waals surface area contributed by atoms with Crippen LogP contribution in [0.15, 0.2) is 0 Å². The topological polar surface area (TPSA) is 128 Å². The number of esters is 1. The first-order valence-electron chi connectivity index (χ1n) is 13.8. The van der Waals surface area contributed by atoms with Gasteiger partial charge in [-0.15, -0.1) is 11.6 Å². The summed E-state index contributed by atoms with van der Waals surface area (Å²) >= 11 is 5.50. The first-order valence-corrected chi connectivity index (χ1v) is 14.3. The highest BCUT2D eigenvalue weighted by Gasteiger charge is 1.99. The highest BCUT2D eigenvalue weighted by atomic mass is 35.5. The van der Waals surface area contributed by atoms with Crippen molar-refractivity contribution >= 4 is 17.6 Å². The second-order valence-corrected chi connectivity index (χ2v) is 8.13. The molecule has 0 heterocycles. The average Bonchev–Trinajstić information content (AvgIpc) is 2.97. The Bertz CT molecular complexity index is 492. The van der Waals surface area contributed by atoms with Crippen molar-refractivity contribution in [2.24, 2.45) is 0 Å². The minimum absolute atomic E-state index is 0.246. The molecule has 0 bridgehead atoms. The van der Waals surface area contributed by atoms with Crippen LogP contribution in [0.4, 0.5) is 0 Å². The average molecular weight is 607 g/mol. The monoisotopic (exact) mass is 606 g/mol. The Morgan fingerprint density at radius 1 is 0.375 bits per heavy atom. The Kier molecular flexibility index (Phi) is 35.7. The Morgan fingerprint density at radius 3 is 0.775 bits per heavy atom. The van der Waals surface area contributed by atoms with Crippen LogP contribution in [0.25, 0.3) is 0 Å². The molecule has 0 radical (unpaired) electrons. The number of carbonyl (C=O) groups excluding carboxylic acids is 1. The summed E-state index contributed by atoms with van der Waals surface area (Å²) in [6, 6.07) is 0. The molecule has 0 aliphatic carbocycles. The van der Waals surface area contributed by atoms with Crippen molar-refractivity contribution in [1.82, 2.24) is 0 Å². The third kappa shape index (κ3) is 35.3. The van der Waals surface area contributed by atoms with Crippen LogP contribution in [0.5, 0.6) is 0 Å². The fourth-order valence-electron chi connectivity index (χ4n) is 2.61. The molecular weight excluding hydrogens is 556 g/mol. The molecule has 0 aliphatic rings. The van der Waals surface area contributed by atoms with Crippen molar-refractivity contribution in [1.29, 1.82) is 0 Å². The van der Waals surface area contributed by atoms with Gasteiger partial charge in [0.15, 0.2) is 0 Å². The fourth-order valence-corrected chi connectivity index (χ4v) is 2.72. The largest absolute Gasteiger partial charge is 0.469 e. The Balaban J connectivity index is 3.04. The maximum atomic E-state index is 10.9. The fraction of sp³-hybridized carbons (Fsp3) is 0.962. The lowest BCUT2D eigenvalue weighted by Gasteiger charge is -2.09. The SMILES string of the molecule is COC(=O)CCOCCOCCOCCOCCOCCOCCOCCOCCOCCOCCOCCCl. The van der Waals surface area contributed by atoms with Crippen LogP contribution in [-0.4, -0.2) is 164 Å². The van der Waals surface area contributed by atoms with Gasteiger partial charge in [0.25, 0.3) is 0 Å². The normalized spacial score (nSPS) is 11.3. The summed E-state index contributed by atoms with van der Waals surface area (Å²) in [6.45, 7) is 10.9. The smallest absolute Gasteiger partial charge is 0.307 e. The Hall–Kier alpha value is -0.680. The minimum Gasteiger partial charge on any atom is -0.469 e. The van der Waals surface area contributed by atoms with E-state index in [1.54, 1.807) is 0 Å². The van der Waals surface area contributed by atoms with E-state index in [1.165, 1.54) is 7.11 Å². The zero-order valence-corrected chi connectivity index (χ0v) is 24.9. The third-order valence-corrected chi connectivity index (χ3v) is 4.77. The zero-order chi connectivity index (χ0) is 29.0. The standard InChI is InChI=1S/C26H51ClO13/c1-29-26(28)2-4-30-6-8-32-10-12-34-14-16-36-18-20-38-22-24-40-25-23-39-21-19-37-17-15-35-13-11-33-9-7-31-5-3-27/h2-25H2,1H3. The lowest BCUT2D eigenvalue weighted by atomic mass is 10.5. The van der Waals surface area contributed by atoms with Crippen LogP contribution in [-0.2, 0) is 61.6 Å². The summed E-state index contributed by atoms with van der Waals surface area (Å²) < 4.78 is 63.7. The van der Waals surface area contributed by atoms with Gasteiger partial charge in [-0.1, -0.05) is 0 Å². The molecule has 0 atom stereocenters. The minimum atomic E-state index is -0.286. The molecule has 0 aromatic carbocycles. The quantitative estimate of drug-likeness (QED) is 0.0578. The van der Waals surface area contributed by atoms with Crippen LogP contribution in [0.3, 0.4) is 0 Å². The zero-order valence-electron chi connectivity index (χ0n) is 24.2. The number of alkyl halides is 1. The Morgan fingerprint density at radius 2 is 0.575 bits per heavy atom. The number of carbonyl (C=O) groups is 1. The van der Waals surface area contributed by atoms with Gasteiger partial charge in [-0.05, 0) is 0 Å². The summed E-state index contributed by atoms with van der Waals surface area (Å²) in [5, 5.41) is 0. The van der Waals surface area contributed by atoms with E-state index in [2.05, 4.69) is 4.74 Å². The maximum absolute atomic E-state index is 10.9. The third-order valence-electron chi connectivity index (χ3n) is 4.62. The van der Waals surface area contributed by atoms with Crippen molar-refractivity contribution in [2.75, 3.05) is 158 Å². The number of methoxy groups -OCH3 is 1. The van der Waals surface area contributed by atoms with E-state index in [1.807, 2.05) is 0 Å². The number of ether oxygens (including phenoxy) is 12. The molecule has 0 N–H and O–H groups in total. The molecule has 240 valence electrons. The van der Waals surface area contributed by atoms with Gasteiger partial charge in [0.1, 0.15) is 0 Å². The number of hydrogen-bond acceptors (Lipinski definition) is 13. The summed E-state index contributed by atoms with van der Waals surface area (Å²) in [7, 11) is 1.35. The van der Waals surface area contributed by atoms with E-state index in [-0.39, 0.29) is 12.4 Å². The molecule has 0 spiro atoms. The summed E-state index contributed by atoms with van der Waals surface area (Å²) in [5.74, 6) is 0.209. The molecule has 13 nitrogen and oxygen atoms in total. The van der Waals surface area contributed by atoms with Crippen LogP contribution >= 0.6 is 11.6 Å². The molecule has 0 aliphatic heterocycles. The van der Waals surface area contributed by atoms with Crippen molar-refractivity contribution in [3.63, 3.8) is 0 Å². The van der Waals surface area contributed by atoms with Crippen molar-refractivity contribution in [3.8, 4) is 0 Å². The molecule has 0 saturated carbocycles. The van der Waals surface area contributed by atoms with E-state index < -0.39 is 0 Å². The van der Waals surface area contributed by atoms with Crippen molar-refractivity contribution < 1.29 is 61.6 Å². The molecule has 0 unspecified atom stereocenters. The van der Waals surface area contributed by atoms with E-state index in [4.69, 9.17) is 63.7 Å². The maximum Gasteiger partial charge on any atom is 0.307 e. The second kappa shape index (κ2) is 36.3. The van der Waals surface area contributed by atoms with E-state index in [9.17, 15) is 4.79 Å². The Labute approximate surface area is 244 Å². The van der Waals surface area contributed by atoms with Gasteiger partial charge >= 0.3 is 5.97 Å². The molecule has 0 amide bonds.